The van der Waals surface area contributed by atoms with Crippen LogP contribution in [0.4, 0.5) is 0 Å². The number of hydrogen-bond donors (Lipinski definition) is 3. The Kier molecular flexibility index (Phi) is 4.33. The van der Waals surface area contributed by atoms with Crippen LogP contribution in [0.2, 0.25) is 0 Å². The lowest BCUT2D eigenvalue weighted by atomic mass is 9.79. The highest BCUT2D eigenvalue weighted by Crippen LogP contribution is 2.31. The average molecular weight is 277 g/mol. The number of carbonyl (C=O) groups is 1. The second-order valence-electron chi connectivity index (χ2n) is 6.11. The SMILES string of the molecule is Cc1ccc(C(=O)NCC2(O)CCCC(C)C2)cc1O. The van der Waals surface area contributed by atoms with Crippen molar-refractivity contribution in [2.24, 2.45) is 5.92 Å². The van der Waals surface area contributed by atoms with E-state index in [1.807, 2.05) is 0 Å². The lowest BCUT2D eigenvalue weighted by molar-refractivity contribution is -0.0109. The van der Waals surface area contributed by atoms with Crippen LogP contribution >= 0.6 is 0 Å². The van der Waals surface area contributed by atoms with Gasteiger partial charge in [-0.25, -0.2) is 0 Å². The molecule has 0 radical (unpaired) electrons. The third kappa shape index (κ3) is 3.51. The predicted molar refractivity (Wildman–Crippen MR) is 77.8 cm³/mol. The summed E-state index contributed by atoms with van der Waals surface area (Å²) in [4.78, 5) is 12.0. The van der Waals surface area contributed by atoms with Crippen molar-refractivity contribution in [3.63, 3.8) is 0 Å². The van der Waals surface area contributed by atoms with Crippen LogP contribution in [0.1, 0.15) is 48.5 Å². The lowest BCUT2D eigenvalue weighted by Gasteiger charge is -2.35. The van der Waals surface area contributed by atoms with Gasteiger partial charge in [0.2, 0.25) is 0 Å². The summed E-state index contributed by atoms with van der Waals surface area (Å²) in [6.07, 6.45) is 3.60. The van der Waals surface area contributed by atoms with Crippen molar-refractivity contribution in [3.8, 4) is 5.75 Å². The first-order valence-corrected chi connectivity index (χ1v) is 7.20. The maximum Gasteiger partial charge on any atom is 0.251 e. The Morgan fingerprint density at radius 1 is 1.50 bits per heavy atom. The van der Waals surface area contributed by atoms with Crippen molar-refractivity contribution >= 4 is 5.91 Å². The summed E-state index contributed by atoms with van der Waals surface area (Å²) < 4.78 is 0. The second-order valence-corrected chi connectivity index (χ2v) is 6.11. The zero-order chi connectivity index (χ0) is 14.8. The lowest BCUT2D eigenvalue weighted by Crippen LogP contribution is -2.45. The highest BCUT2D eigenvalue weighted by Gasteiger charge is 2.32. The van der Waals surface area contributed by atoms with Gasteiger partial charge in [-0.15, -0.1) is 0 Å². The molecule has 0 saturated heterocycles. The fourth-order valence-electron chi connectivity index (χ4n) is 2.89. The van der Waals surface area contributed by atoms with E-state index in [1.54, 1.807) is 19.1 Å². The number of nitrogens with one attached hydrogen (secondary N) is 1. The minimum Gasteiger partial charge on any atom is -0.508 e. The van der Waals surface area contributed by atoms with Crippen molar-refractivity contribution in [2.45, 2.75) is 45.1 Å². The Balaban J connectivity index is 1.96. The molecule has 1 saturated carbocycles. The number of amides is 1. The van der Waals surface area contributed by atoms with Gasteiger partial charge in [0, 0.05) is 12.1 Å². The highest BCUT2D eigenvalue weighted by atomic mass is 16.3. The van der Waals surface area contributed by atoms with Gasteiger partial charge < -0.3 is 15.5 Å². The molecule has 2 rings (SSSR count). The summed E-state index contributed by atoms with van der Waals surface area (Å²) in [5.74, 6) is 0.351. The van der Waals surface area contributed by atoms with Crippen molar-refractivity contribution in [1.29, 1.82) is 0 Å². The van der Waals surface area contributed by atoms with Crippen molar-refractivity contribution in [3.05, 3.63) is 29.3 Å². The van der Waals surface area contributed by atoms with Gasteiger partial charge in [-0.3, -0.25) is 4.79 Å². The number of hydrogen-bond acceptors (Lipinski definition) is 3. The molecule has 1 amide bonds. The predicted octanol–water partition coefficient (Wildman–Crippen LogP) is 2.37. The Labute approximate surface area is 119 Å². The fraction of sp³-hybridized carbons (Fsp3) is 0.562. The van der Waals surface area contributed by atoms with E-state index < -0.39 is 5.60 Å². The zero-order valence-electron chi connectivity index (χ0n) is 12.1. The molecule has 0 bridgehead atoms. The molecule has 0 heterocycles. The molecule has 1 fully saturated rings. The molecule has 4 nitrogen and oxygen atoms in total. The third-order valence-electron chi connectivity index (χ3n) is 4.12. The van der Waals surface area contributed by atoms with Crippen LogP contribution in [0.3, 0.4) is 0 Å². The summed E-state index contributed by atoms with van der Waals surface area (Å²) >= 11 is 0. The monoisotopic (exact) mass is 277 g/mol. The van der Waals surface area contributed by atoms with E-state index in [9.17, 15) is 15.0 Å². The standard InChI is InChI=1S/C16H23NO3/c1-11-4-3-7-16(20,9-11)10-17-15(19)13-6-5-12(2)14(18)8-13/h5-6,8,11,18,20H,3-4,7,9-10H2,1-2H3,(H,17,19). The van der Waals surface area contributed by atoms with Crippen molar-refractivity contribution in [2.75, 3.05) is 6.54 Å². The van der Waals surface area contributed by atoms with E-state index >= 15 is 0 Å². The van der Waals surface area contributed by atoms with Gasteiger partial charge in [-0.2, -0.15) is 0 Å². The molecule has 2 unspecified atom stereocenters. The Morgan fingerprint density at radius 3 is 2.90 bits per heavy atom. The van der Waals surface area contributed by atoms with Crippen LogP contribution in [0.15, 0.2) is 18.2 Å². The Morgan fingerprint density at radius 2 is 2.25 bits per heavy atom. The van der Waals surface area contributed by atoms with Crippen LogP contribution in [-0.4, -0.2) is 28.3 Å². The highest BCUT2D eigenvalue weighted by molar-refractivity contribution is 5.94. The first kappa shape index (κ1) is 14.9. The molecule has 4 heteroatoms. The van der Waals surface area contributed by atoms with Crippen LogP contribution < -0.4 is 5.32 Å². The summed E-state index contributed by atoms with van der Waals surface area (Å²) in [6, 6.07) is 4.85. The number of phenolic OH excluding ortho intramolecular Hbond substituents is 1. The normalized spacial score (nSPS) is 26.2. The van der Waals surface area contributed by atoms with E-state index in [1.165, 1.54) is 6.07 Å². The smallest absolute Gasteiger partial charge is 0.251 e. The maximum absolute atomic E-state index is 12.0. The van der Waals surface area contributed by atoms with E-state index in [2.05, 4.69) is 12.2 Å². The molecule has 110 valence electrons. The van der Waals surface area contributed by atoms with Crippen molar-refractivity contribution < 1.29 is 15.0 Å². The largest absolute Gasteiger partial charge is 0.508 e. The third-order valence-corrected chi connectivity index (χ3v) is 4.12. The van der Waals surface area contributed by atoms with E-state index in [4.69, 9.17) is 0 Å². The Hall–Kier alpha value is -1.55. The molecule has 1 aliphatic rings. The Bertz CT molecular complexity index is 500. The first-order chi connectivity index (χ1) is 9.39. The van der Waals surface area contributed by atoms with Gasteiger partial charge in [0.15, 0.2) is 0 Å². The van der Waals surface area contributed by atoms with Crippen LogP contribution in [0.25, 0.3) is 0 Å². The number of rotatable bonds is 3. The molecular formula is C16H23NO3. The summed E-state index contributed by atoms with van der Waals surface area (Å²) in [6.45, 7) is 4.18. The maximum atomic E-state index is 12.0. The van der Waals surface area contributed by atoms with Crippen LogP contribution in [-0.2, 0) is 0 Å². The molecular weight excluding hydrogens is 254 g/mol. The quantitative estimate of drug-likeness (QED) is 0.794. The van der Waals surface area contributed by atoms with E-state index in [0.29, 0.717) is 11.5 Å². The molecule has 0 aromatic heterocycles. The average Bonchev–Trinajstić information content (AvgIpc) is 2.39. The number of phenols is 1. The van der Waals surface area contributed by atoms with Gasteiger partial charge in [0.05, 0.1) is 5.60 Å². The van der Waals surface area contributed by atoms with Crippen LogP contribution in [0.5, 0.6) is 5.75 Å². The number of aryl methyl sites for hydroxylation is 1. The van der Waals surface area contributed by atoms with Crippen LogP contribution in [0, 0.1) is 12.8 Å². The summed E-state index contributed by atoms with van der Waals surface area (Å²) in [7, 11) is 0. The number of benzene rings is 1. The first-order valence-electron chi connectivity index (χ1n) is 7.20. The molecule has 2 atom stereocenters. The summed E-state index contributed by atoms with van der Waals surface area (Å²) in [5, 5.41) is 22.9. The minimum absolute atomic E-state index is 0.114. The second kappa shape index (κ2) is 5.83. The minimum atomic E-state index is -0.792. The van der Waals surface area contributed by atoms with Gasteiger partial charge in [0.25, 0.3) is 5.91 Å². The topological polar surface area (TPSA) is 69.6 Å². The number of aromatic hydroxyl groups is 1. The van der Waals surface area contributed by atoms with Gasteiger partial charge in [-0.05, 0) is 43.4 Å². The van der Waals surface area contributed by atoms with Gasteiger partial charge >= 0.3 is 0 Å². The molecule has 1 aromatic carbocycles. The number of carbonyl (C=O) groups excluding carboxylic acids is 1. The molecule has 1 aliphatic carbocycles. The van der Waals surface area contributed by atoms with Gasteiger partial charge in [-0.1, -0.05) is 25.8 Å². The molecule has 20 heavy (non-hydrogen) atoms. The fourth-order valence-corrected chi connectivity index (χ4v) is 2.89. The zero-order valence-corrected chi connectivity index (χ0v) is 12.1. The molecule has 1 aromatic rings. The van der Waals surface area contributed by atoms with E-state index in [-0.39, 0.29) is 18.2 Å². The summed E-state index contributed by atoms with van der Waals surface area (Å²) in [5.41, 5.74) is 0.363. The van der Waals surface area contributed by atoms with Gasteiger partial charge in [0.1, 0.15) is 5.75 Å². The molecule has 0 aliphatic heterocycles. The molecule has 0 spiro atoms. The van der Waals surface area contributed by atoms with E-state index in [0.717, 1.165) is 31.2 Å². The molecule has 3 N–H and O–H groups in total. The van der Waals surface area contributed by atoms with Crippen molar-refractivity contribution in [1.82, 2.24) is 5.32 Å². The number of aliphatic hydroxyl groups is 1.